The number of hydrogen-bond donors (Lipinski definition) is 0. The molecule has 2 unspecified atom stereocenters. The van der Waals surface area contributed by atoms with Crippen molar-refractivity contribution in [3.8, 4) is 17.3 Å². The molecule has 1 aliphatic heterocycles. The largest absolute Gasteiger partial charge is 0.342 e. The van der Waals surface area contributed by atoms with Gasteiger partial charge in [0.1, 0.15) is 17.7 Å². The minimum absolute atomic E-state index is 0.0701. The number of alkyl halides is 2. The average molecular weight is 433 g/mol. The minimum atomic E-state index is -3.07. The van der Waals surface area contributed by atoms with Crippen LogP contribution in [0.15, 0.2) is 66.9 Å². The summed E-state index contributed by atoms with van der Waals surface area (Å²) in [5.74, 6) is -4.23. The Labute approximate surface area is 182 Å². The van der Waals surface area contributed by atoms with Gasteiger partial charge in [0.05, 0.1) is 23.5 Å². The first-order valence-corrected chi connectivity index (χ1v) is 10.1. The van der Waals surface area contributed by atoms with E-state index in [1.807, 2.05) is 6.07 Å². The molecule has 3 heterocycles. The Balaban J connectivity index is 1.63. The van der Waals surface area contributed by atoms with Gasteiger partial charge in [-0.15, -0.1) is 5.10 Å². The summed E-state index contributed by atoms with van der Waals surface area (Å²) in [5.41, 5.74) is 2.62. The van der Waals surface area contributed by atoms with Gasteiger partial charge in [-0.05, 0) is 42.0 Å². The molecule has 2 aromatic heterocycles. The highest BCUT2D eigenvalue weighted by atomic mass is 19.3. The van der Waals surface area contributed by atoms with Crippen LogP contribution in [-0.2, 0) is 0 Å². The fraction of sp³-hybridized carbons (Fsp3) is 0.208. The molecule has 0 aliphatic carbocycles. The second-order valence-electron chi connectivity index (χ2n) is 7.98. The highest BCUT2D eigenvalue weighted by Crippen LogP contribution is 2.49. The number of anilines is 1. The minimum Gasteiger partial charge on any atom is -0.342 e. The van der Waals surface area contributed by atoms with Gasteiger partial charge >= 0.3 is 0 Å². The molecule has 0 N–H and O–H groups in total. The molecule has 2 atom stereocenters. The van der Waals surface area contributed by atoms with Crippen molar-refractivity contribution in [2.75, 3.05) is 11.4 Å². The molecule has 0 radical (unpaired) electrons. The zero-order valence-corrected chi connectivity index (χ0v) is 17.1. The fourth-order valence-corrected chi connectivity index (χ4v) is 4.27. The van der Waals surface area contributed by atoms with Crippen molar-refractivity contribution in [2.24, 2.45) is 5.92 Å². The van der Waals surface area contributed by atoms with E-state index in [1.165, 1.54) is 30.0 Å². The summed E-state index contributed by atoms with van der Waals surface area (Å²) in [6.45, 7) is 1.56. The number of rotatable bonds is 3. The molecule has 0 saturated carbocycles. The van der Waals surface area contributed by atoms with Crippen molar-refractivity contribution in [3.05, 3.63) is 83.8 Å². The van der Waals surface area contributed by atoms with Gasteiger partial charge in [-0.2, -0.15) is 5.26 Å². The average Bonchev–Trinajstić information content (AvgIpc) is 3.31. The van der Waals surface area contributed by atoms with Gasteiger partial charge in [-0.3, -0.25) is 0 Å². The monoisotopic (exact) mass is 433 g/mol. The highest BCUT2D eigenvalue weighted by molar-refractivity contribution is 5.65. The third-order valence-corrected chi connectivity index (χ3v) is 5.90. The molecule has 8 heteroatoms. The standard InChI is InChI=1S/C24H18F3N5/c1-15-14-31(23(24(15,26)27)18-6-3-7-19(25)11-18)22-9-8-21-29-13-20(32(21)30-22)17-5-2-4-16(10-17)12-28/h2-11,13,15,23H,14H2,1H3. The van der Waals surface area contributed by atoms with Crippen molar-refractivity contribution < 1.29 is 13.2 Å². The first kappa shape index (κ1) is 20.1. The van der Waals surface area contributed by atoms with Gasteiger partial charge in [0, 0.05) is 18.0 Å². The second kappa shape index (κ2) is 7.38. The molecular weight excluding hydrogens is 415 g/mol. The summed E-state index contributed by atoms with van der Waals surface area (Å²) in [5, 5.41) is 13.8. The first-order valence-electron chi connectivity index (χ1n) is 10.1. The summed E-state index contributed by atoms with van der Waals surface area (Å²) >= 11 is 0. The normalized spacial score (nSPS) is 19.9. The number of fused-ring (bicyclic) bond motifs is 1. The number of aromatic nitrogens is 3. The lowest BCUT2D eigenvalue weighted by Crippen LogP contribution is -2.33. The van der Waals surface area contributed by atoms with Gasteiger partial charge in [0.25, 0.3) is 5.92 Å². The predicted octanol–water partition coefficient (Wildman–Crippen LogP) is 5.24. The van der Waals surface area contributed by atoms with Crippen LogP contribution >= 0.6 is 0 Å². The molecular formula is C24H18F3N5. The van der Waals surface area contributed by atoms with Gasteiger partial charge in [0.15, 0.2) is 5.65 Å². The van der Waals surface area contributed by atoms with Crippen molar-refractivity contribution in [1.29, 1.82) is 5.26 Å². The van der Waals surface area contributed by atoms with E-state index in [0.717, 1.165) is 11.6 Å². The Bertz CT molecular complexity index is 1360. The zero-order chi connectivity index (χ0) is 22.5. The van der Waals surface area contributed by atoms with Gasteiger partial charge < -0.3 is 4.90 Å². The molecule has 160 valence electrons. The molecule has 5 rings (SSSR count). The number of imidazole rings is 1. The molecule has 5 nitrogen and oxygen atoms in total. The quantitative estimate of drug-likeness (QED) is 0.443. The molecule has 1 fully saturated rings. The predicted molar refractivity (Wildman–Crippen MR) is 114 cm³/mol. The summed E-state index contributed by atoms with van der Waals surface area (Å²) in [6, 6.07) is 16.5. The van der Waals surface area contributed by atoms with Crippen molar-refractivity contribution >= 4 is 11.5 Å². The maximum absolute atomic E-state index is 15.2. The maximum Gasteiger partial charge on any atom is 0.276 e. The summed E-state index contributed by atoms with van der Waals surface area (Å²) < 4.78 is 45.8. The van der Waals surface area contributed by atoms with Gasteiger partial charge in [-0.1, -0.05) is 31.2 Å². The van der Waals surface area contributed by atoms with Crippen molar-refractivity contribution in [3.63, 3.8) is 0 Å². The zero-order valence-electron chi connectivity index (χ0n) is 17.1. The number of nitriles is 1. The number of nitrogens with zero attached hydrogens (tertiary/aromatic N) is 5. The van der Waals surface area contributed by atoms with E-state index in [0.29, 0.717) is 22.7 Å². The highest BCUT2D eigenvalue weighted by Gasteiger charge is 2.55. The number of benzene rings is 2. The summed E-state index contributed by atoms with van der Waals surface area (Å²) in [7, 11) is 0. The van der Waals surface area contributed by atoms with Crippen molar-refractivity contribution in [1.82, 2.24) is 14.6 Å². The van der Waals surface area contributed by atoms with E-state index in [2.05, 4.69) is 16.2 Å². The van der Waals surface area contributed by atoms with Crippen LogP contribution in [-0.4, -0.2) is 27.1 Å². The third-order valence-electron chi connectivity index (χ3n) is 5.90. The lowest BCUT2D eigenvalue weighted by molar-refractivity contribution is -0.0438. The fourth-order valence-electron chi connectivity index (χ4n) is 4.27. The molecule has 4 aromatic rings. The molecule has 0 amide bonds. The van der Waals surface area contributed by atoms with Crippen LogP contribution in [0.2, 0.25) is 0 Å². The van der Waals surface area contributed by atoms with Crippen LogP contribution in [0.1, 0.15) is 24.1 Å². The third kappa shape index (κ3) is 3.17. The van der Waals surface area contributed by atoms with Gasteiger partial charge in [-0.25, -0.2) is 22.7 Å². The van der Waals surface area contributed by atoms with Crippen LogP contribution in [0.3, 0.4) is 0 Å². The second-order valence-corrected chi connectivity index (χ2v) is 7.98. The van der Waals surface area contributed by atoms with E-state index in [-0.39, 0.29) is 12.1 Å². The first-order chi connectivity index (χ1) is 15.4. The van der Waals surface area contributed by atoms with Crippen LogP contribution in [0.5, 0.6) is 0 Å². The van der Waals surface area contributed by atoms with E-state index in [9.17, 15) is 9.65 Å². The topological polar surface area (TPSA) is 57.2 Å². The molecule has 1 aliphatic rings. The van der Waals surface area contributed by atoms with E-state index < -0.39 is 23.7 Å². The van der Waals surface area contributed by atoms with E-state index >= 15 is 8.78 Å². The number of hydrogen-bond acceptors (Lipinski definition) is 4. The maximum atomic E-state index is 15.2. The Morgan fingerprint density at radius 1 is 1.09 bits per heavy atom. The molecule has 0 spiro atoms. The Morgan fingerprint density at radius 3 is 2.69 bits per heavy atom. The van der Waals surface area contributed by atoms with E-state index in [1.54, 1.807) is 41.0 Å². The Hall–Kier alpha value is -3.86. The molecule has 0 bridgehead atoms. The lowest BCUT2D eigenvalue weighted by atomic mass is 9.96. The van der Waals surface area contributed by atoms with Crippen LogP contribution < -0.4 is 4.90 Å². The SMILES string of the molecule is CC1CN(c2ccc3ncc(-c4cccc(C#N)c4)n3n2)C(c2cccc(F)c2)C1(F)F. The van der Waals surface area contributed by atoms with Crippen LogP contribution in [0.4, 0.5) is 19.0 Å². The van der Waals surface area contributed by atoms with Crippen molar-refractivity contribution in [2.45, 2.75) is 18.9 Å². The van der Waals surface area contributed by atoms with Gasteiger partial charge in [0.2, 0.25) is 0 Å². The Kier molecular flexibility index (Phi) is 4.63. The molecule has 2 aromatic carbocycles. The summed E-state index contributed by atoms with van der Waals surface area (Å²) in [4.78, 5) is 5.87. The lowest BCUT2D eigenvalue weighted by Gasteiger charge is -2.29. The Morgan fingerprint density at radius 2 is 1.91 bits per heavy atom. The molecule has 1 saturated heterocycles. The summed E-state index contributed by atoms with van der Waals surface area (Å²) in [6.07, 6.45) is 1.63. The number of halogens is 3. The smallest absolute Gasteiger partial charge is 0.276 e. The molecule has 32 heavy (non-hydrogen) atoms. The van der Waals surface area contributed by atoms with E-state index in [4.69, 9.17) is 0 Å². The van der Waals surface area contributed by atoms with Crippen LogP contribution in [0.25, 0.3) is 16.9 Å². The van der Waals surface area contributed by atoms with Crippen LogP contribution in [0, 0.1) is 23.1 Å².